The van der Waals surface area contributed by atoms with Crippen molar-refractivity contribution in [2.75, 3.05) is 17.3 Å². The van der Waals surface area contributed by atoms with Crippen LogP contribution in [0.5, 0.6) is 0 Å². The molecule has 0 heterocycles. The van der Waals surface area contributed by atoms with Gasteiger partial charge in [-0.3, -0.25) is 4.79 Å². The first-order valence-electron chi connectivity index (χ1n) is 9.51. The zero-order chi connectivity index (χ0) is 19.4. The Bertz CT molecular complexity index is 450. The number of halogens is 2. The third-order valence-corrected chi connectivity index (χ3v) is 11.7. The summed E-state index contributed by atoms with van der Waals surface area (Å²) in [5, 5.41) is 1.86. The van der Waals surface area contributed by atoms with Crippen molar-refractivity contribution in [3.05, 3.63) is 0 Å². The van der Waals surface area contributed by atoms with Gasteiger partial charge in [0.25, 0.3) is 0 Å². The predicted octanol–water partition coefficient (Wildman–Crippen LogP) is 6.44. The number of esters is 1. The SMILES string of the molecule is CCOC(=O)[C@]1(CCCBr)CCC[C@@]1(CCBr)O[Si](C)(C)C(C)(C)C. The molecule has 0 aromatic rings. The normalized spacial score (nSPS) is 27.5. The first-order chi connectivity index (χ1) is 11.5. The van der Waals surface area contributed by atoms with Crippen LogP contribution in [-0.2, 0) is 14.0 Å². The molecule has 0 aliphatic heterocycles. The van der Waals surface area contributed by atoms with E-state index in [9.17, 15) is 4.79 Å². The highest BCUT2D eigenvalue weighted by Crippen LogP contribution is 2.57. The summed E-state index contributed by atoms with van der Waals surface area (Å²) in [6.45, 7) is 13.7. The lowest BCUT2D eigenvalue weighted by Gasteiger charge is -2.51. The lowest BCUT2D eigenvalue weighted by Crippen LogP contribution is -2.58. The molecule has 0 amide bonds. The molecule has 25 heavy (non-hydrogen) atoms. The van der Waals surface area contributed by atoms with E-state index in [-0.39, 0.29) is 11.0 Å². The van der Waals surface area contributed by atoms with Crippen molar-refractivity contribution in [2.24, 2.45) is 5.41 Å². The van der Waals surface area contributed by atoms with Crippen LogP contribution in [0.2, 0.25) is 18.1 Å². The van der Waals surface area contributed by atoms with Crippen LogP contribution in [0.1, 0.15) is 66.2 Å². The third-order valence-electron chi connectivity index (χ3n) is 6.21. The molecule has 1 aliphatic rings. The average Bonchev–Trinajstić information content (AvgIpc) is 2.83. The molecule has 3 nitrogen and oxygen atoms in total. The predicted molar refractivity (Wildman–Crippen MR) is 115 cm³/mol. The summed E-state index contributed by atoms with van der Waals surface area (Å²) in [4.78, 5) is 13.2. The molecule has 1 rings (SSSR count). The minimum absolute atomic E-state index is 0.0480. The van der Waals surface area contributed by atoms with Gasteiger partial charge in [0.05, 0.1) is 17.6 Å². The molecule has 0 saturated heterocycles. The van der Waals surface area contributed by atoms with E-state index in [1.54, 1.807) is 0 Å². The van der Waals surface area contributed by atoms with Gasteiger partial charge in [-0.2, -0.15) is 0 Å². The summed E-state index contributed by atoms with van der Waals surface area (Å²) in [6.07, 6.45) is 5.51. The molecular formula is C19H36Br2O3Si. The lowest BCUT2D eigenvalue weighted by atomic mass is 9.70. The first kappa shape index (κ1) is 23.6. The van der Waals surface area contributed by atoms with Crippen LogP contribution in [0.25, 0.3) is 0 Å². The zero-order valence-electron chi connectivity index (χ0n) is 16.8. The summed E-state index contributed by atoms with van der Waals surface area (Å²) in [5.74, 6) is -0.0480. The number of rotatable bonds is 9. The molecule has 1 saturated carbocycles. The molecule has 0 unspecified atom stereocenters. The molecule has 0 aromatic carbocycles. The van der Waals surface area contributed by atoms with Gasteiger partial charge in [-0.05, 0) is 63.6 Å². The standard InChI is InChI=1S/C19H36Br2O3Si/c1-7-23-16(22)18(11-9-14-20)10-8-12-19(18,13-15-21)24-25(5,6)17(2,3)4/h7-15H2,1-6H3/t18-,19+/m1/s1. The van der Waals surface area contributed by atoms with Gasteiger partial charge < -0.3 is 9.16 Å². The van der Waals surface area contributed by atoms with Crippen LogP contribution in [-0.4, -0.2) is 37.2 Å². The van der Waals surface area contributed by atoms with E-state index in [2.05, 4.69) is 65.7 Å². The second-order valence-corrected chi connectivity index (χ2v) is 15.1. The minimum atomic E-state index is -2.02. The Kier molecular flexibility index (Phi) is 8.70. The molecule has 0 bridgehead atoms. The molecule has 1 aliphatic carbocycles. The van der Waals surface area contributed by atoms with Crippen LogP contribution in [0.3, 0.4) is 0 Å². The first-order valence-corrected chi connectivity index (χ1v) is 14.7. The molecule has 2 atom stereocenters. The van der Waals surface area contributed by atoms with Gasteiger partial charge in [0.1, 0.15) is 0 Å². The van der Waals surface area contributed by atoms with Crippen molar-refractivity contribution >= 4 is 46.1 Å². The van der Waals surface area contributed by atoms with E-state index in [1.165, 1.54) is 0 Å². The summed E-state index contributed by atoms with van der Waals surface area (Å²) in [7, 11) is -2.02. The summed E-state index contributed by atoms with van der Waals surface area (Å²) < 4.78 is 12.7. The van der Waals surface area contributed by atoms with Crippen molar-refractivity contribution in [2.45, 2.75) is 90.0 Å². The number of hydrogen-bond acceptors (Lipinski definition) is 3. The van der Waals surface area contributed by atoms with Crippen molar-refractivity contribution < 1.29 is 14.0 Å². The van der Waals surface area contributed by atoms with Crippen LogP contribution in [0.4, 0.5) is 0 Å². The molecule has 0 aromatic heterocycles. The van der Waals surface area contributed by atoms with Crippen LogP contribution >= 0.6 is 31.9 Å². The average molecular weight is 500 g/mol. The molecule has 6 heteroatoms. The molecule has 0 radical (unpaired) electrons. The minimum Gasteiger partial charge on any atom is -0.465 e. The van der Waals surface area contributed by atoms with Gasteiger partial charge in [-0.25, -0.2) is 0 Å². The van der Waals surface area contributed by atoms with Crippen LogP contribution in [0, 0.1) is 5.41 Å². The maximum absolute atomic E-state index is 13.2. The van der Waals surface area contributed by atoms with Gasteiger partial charge in [0.2, 0.25) is 0 Å². The molecule has 0 spiro atoms. The number of ether oxygens (including phenoxy) is 1. The Labute approximate surface area is 172 Å². The number of carbonyl (C=O) groups is 1. The van der Waals surface area contributed by atoms with E-state index < -0.39 is 19.3 Å². The summed E-state index contributed by atoms with van der Waals surface area (Å²) in [6, 6.07) is 0. The maximum atomic E-state index is 13.2. The maximum Gasteiger partial charge on any atom is 0.314 e. The Balaban J connectivity index is 3.37. The second-order valence-electron chi connectivity index (χ2n) is 8.74. The Morgan fingerprint density at radius 2 is 1.76 bits per heavy atom. The molecule has 0 N–H and O–H groups in total. The van der Waals surface area contributed by atoms with Crippen LogP contribution < -0.4 is 0 Å². The van der Waals surface area contributed by atoms with E-state index >= 15 is 0 Å². The highest BCUT2D eigenvalue weighted by atomic mass is 79.9. The van der Waals surface area contributed by atoms with E-state index in [0.717, 1.165) is 49.2 Å². The molecule has 148 valence electrons. The van der Waals surface area contributed by atoms with Gasteiger partial charge in [-0.15, -0.1) is 0 Å². The second kappa shape index (κ2) is 9.20. The monoisotopic (exact) mass is 498 g/mol. The van der Waals surface area contributed by atoms with E-state index in [4.69, 9.17) is 9.16 Å². The Morgan fingerprint density at radius 3 is 2.24 bits per heavy atom. The van der Waals surface area contributed by atoms with Crippen molar-refractivity contribution in [1.29, 1.82) is 0 Å². The van der Waals surface area contributed by atoms with Crippen molar-refractivity contribution in [3.8, 4) is 0 Å². The van der Waals surface area contributed by atoms with Crippen molar-refractivity contribution in [3.63, 3.8) is 0 Å². The number of hydrogen-bond donors (Lipinski definition) is 0. The highest BCUT2D eigenvalue weighted by molar-refractivity contribution is 9.09. The fraction of sp³-hybridized carbons (Fsp3) is 0.947. The van der Waals surface area contributed by atoms with E-state index in [1.807, 2.05) is 6.92 Å². The highest BCUT2D eigenvalue weighted by Gasteiger charge is 2.62. The van der Waals surface area contributed by atoms with Gasteiger partial charge in [0.15, 0.2) is 8.32 Å². The lowest BCUT2D eigenvalue weighted by molar-refractivity contribution is -0.171. The smallest absolute Gasteiger partial charge is 0.314 e. The molecular weight excluding hydrogens is 464 g/mol. The fourth-order valence-electron chi connectivity index (χ4n) is 3.88. The summed E-state index contributed by atoms with van der Waals surface area (Å²) in [5.41, 5.74) is -0.923. The quantitative estimate of drug-likeness (QED) is 0.208. The van der Waals surface area contributed by atoms with Crippen LogP contribution in [0.15, 0.2) is 0 Å². The van der Waals surface area contributed by atoms with E-state index in [0.29, 0.717) is 6.61 Å². The Hall–Kier alpha value is 0.607. The largest absolute Gasteiger partial charge is 0.465 e. The number of carbonyl (C=O) groups excluding carboxylic acids is 1. The molecule has 1 fully saturated rings. The zero-order valence-corrected chi connectivity index (χ0v) is 21.0. The van der Waals surface area contributed by atoms with Crippen molar-refractivity contribution in [1.82, 2.24) is 0 Å². The number of alkyl halides is 2. The van der Waals surface area contributed by atoms with Gasteiger partial charge in [0, 0.05) is 10.7 Å². The summed E-state index contributed by atoms with van der Waals surface area (Å²) >= 11 is 7.18. The Morgan fingerprint density at radius 1 is 1.12 bits per heavy atom. The van der Waals surface area contributed by atoms with Gasteiger partial charge >= 0.3 is 5.97 Å². The fourth-order valence-corrected chi connectivity index (χ4v) is 6.49. The van der Waals surface area contributed by atoms with Gasteiger partial charge in [-0.1, -0.05) is 52.6 Å². The topological polar surface area (TPSA) is 35.5 Å². The third kappa shape index (κ3) is 4.91.